The lowest BCUT2D eigenvalue weighted by molar-refractivity contribution is -0.139. The Balaban J connectivity index is 2.15. The summed E-state index contributed by atoms with van der Waals surface area (Å²) in [4.78, 5) is 22.7. The van der Waals surface area contributed by atoms with Crippen LogP contribution in [0.2, 0.25) is 0 Å². The summed E-state index contributed by atoms with van der Waals surface area (Å²) in [6.07, 6.45) is 3.48. The van der Waals surface area contributed by atoms with Gasteiger partial charge >= 0.3 is 5.97 Å². The predicted molar refractivity (Wildman–Crippen MR) is 83.9 cm³/mol. The van der Waals surface area contributed by atoms with Gasteiger partial charge in [-0.3, -0.25) is 4.79 Å². The fourth-order valence-electron chi connectivity index (χ4n) is 2.54. The maximum atomic E-state index is 12.6. The van der Waals surface area contributed by atoms with Gasteiger partial charge in [-0.1, -0.05) is 18.9 Å². The number of hydrogen-bond donors (Lipinski definition) is 3. The van der Waals surface area contributed by atoms with E-state index in [0.717, 1.165) is 31.7 Å². The molecule has 1 amide bonds. The van der Waals surface area contributed by atoms with E-state index in [2.05, 4.69) is 4.72 Å². The number of amides is 1. The fraction of sp³-hybridized carbons (Fsp3) is 0.467. The summed E-state index contributed by atoms with van der Waals surface area (Å²) in [5, 5.41) is 10.8. The predicted octanol–water partition coefficient (Wildman–Crippen LogP) is 1.06. The van der Waals surface area contributed by atoms with Crippen molar-refractivity contribution in [2.24, 2.45) is 0 Å². The quantitative estimate of drug-likeness (QED) is 0.675. The molecule has 0 radical (unpaired) electrons. The highest BCUT2D eigenvalue weighted by Gasteiger charge is 2.24. The summed E-state index contributed by atoms with van der Waals surface area (Å²) in [7, 11) is -3.77. The zero-order valence-electron chi connectivity index (χ0n) is 12.9. The zero-order chi connectivity index (χ0) is 17.7. The Morgan fingerprint density at radius 3 is 2.54 bits per heavy atom. The highest BCUT2D eigenvalue weighted by molar-refractivity contribution is 7.89. The normalized spacial score (nSPS) is 16.7. The lowest BCUT2D eigenvalue weighted by Crippen LogP contribution is -2.42. The van der Waals surface area contributed by atoms with Gasteiger partial charge in [0, 0.05) is 11.6 Å². The number of halogens is 1. The number of nitrogens with one attached hydrogen (secondary N) is 2. The Hall–Kier alpha value is -2.00. The van der Waals surface area contributed by atoms with E-state index >= 15 is 0 Å². The van der Waals surface area contributed by atoms with Gasteiger partial charge in [-0.25, -0.2) is 22.3 Å². The Bertz CT molecular complexity index is 716. The van der Waals surface area contributed by atoms with Crippen molar-refractivity contribution >= 4 is 21.9 Å². The maximum Gasteiger partial charge on any atom is 0.328 e. The molecule has 1 aliphatic carbocycles. The molecule has 7 nitrogen and oxygen atoms in total. The first-order valence-corrected chi connectivity index (χ1v) is 9.04. The first kappa shape index (κ1) is 18.3. The van der Waals surface area contributed by atoms with E-state index in [4.69, 9.17) is 5.11 Å². The van der Waals surface area contributed by atoms with Gasteiger partial charge in [-0.15, -0.1) is 0 Å². The van der Waals surface area contributed by atoms with Crippen LogP contribution in [0.3, 0.4) is 0 Å². The Morgan fingerprint density at radius 2 is 1.96 bits per heavy atom. The molecular weight excluding hydrogens is 339 g/mol. The molecule has 0 spiro atoms. The smallest absolute Gasteiger partial charge is 0.328 e. The number of benzene rings is 1. The van der Waals surface area contributed by atoms with Gasteiger partial charge in [0.25, 0.3) is 5.91 Å². The average Bonchev–Trinajstić information content (AvgIpc) is 3.04. The molecule has 2 rings (SSSR count). The Labute approximate surface area is 139 Å². The SMILES string of the molecule is O=C(NC(CF)C(=O)O)c1cccc(S(=O)(=O)NC2CCCC2)c1. The molecule has 1 fully saturated rings. The monoisotopic (exact) mass is 358 g/mol. The van der Waals surface area contributed by atoms with Gasteiger partial charge in [-0.05, 0) is 31.0 Å². The van der Waals surface area contributed by atoms with Crippen molar-refractivity contribution in [3.05, 3.63) is 29.8 Å². The summed E-state index contributed by atoms with van der Waals surface area (Å²) >= 11 is 0. The van der Waals surface area contributed by atoms with E-state index in [1.165, 1.54) is 18.2 Å². The molecule has 1 aromatic rings. The number of hydrogen-bond acceptors (Lipinski definition) is 4. The molecule has 1 saturated carbocycles. The van der Waals surface area contributed by atoms with Crippen LogP contribution in [0.1, 0.15) is 36.0 Å². The third kappa shape index (κ3) is 4.51. The van der Waals surface area contributed by atoms with Crippen LogP contribution in [-0.2, 0) is 14.8 Å². The van der Waals surface area contributed by atoms with Crippen molar-refractivity contribution < 1.29 is 27.5 Å². The fourth-order valence-corrected chi connectivity index (χ4v) is 3.89. The van der Waals surface area contributed by atoms with Crippen molar-refractivity contribution in [3.63, 3.8) is 0 Å². The first-order chi connectivity index (χ1) is 11.3. The summed E-state index contributed by atoms with van der Waals surface area (Å²) < 4.78 is 39.9. The summed E-state index contributed by atoms with van der Waals surface area (Å²) in [6, 6.07) is 3.41. The molecule has 132 valence electrons. The van der Waals surface area contributed by atoms with E-state index in [1.54, 1.807) is 0 Å². The number of carboxylic acid groups (broad SMARTS) is 1. The first-order valence-electron chi connectivity index (χ1n) is 7.55. The lowest BCUT2D eigenvalue weighted by Gasteiger charge is -2.14. The zero-order valence-corrected chi connectivity index (χ0v) is 13.7. The number of rotatable bonds is 7. The molecule has 1 aliphatic rings. The van der Waals surface area contributed by atoms with Crippen LogP contribution in [0.25, 0.3) is 0 Å². The third-order valence-electron chi connectivity index (χ3n) is 3.84. The van der Waals surface area contributed by atoms with Crippen LogP contribution >= 0.6 is 0 Å². The van der Waals surface area contributed by atoms with Crippen LogP contribution in [0, 0.1) is 0 Å². The molecule has 0 aliphatic heterocycles. The molecule has 1 atom stereocenters. The molecular formula is C15H19FN2O5S. The van der Waals surface area contributed by atoms with Gasteiger partial charge in [0.1, 0.15) is 6.67 Å². The number of carboxylic acids is 1. The van der Waals surface area contributed by atoms with E-state index in [0.29, 0.717) is 0 Å². The molecule has 0 saturated heterocycles. The summed E-state index contributed by atoms with van der Waals surface area (Å²) in [5.41, 5.74) is -0.0519. The second-order valence-electron chi connectivity index (χ2n) is 5.65. The second kappa shape index (κ2) is 7.71. The van der Waals surface area contributed by atoms with Crippen LogP contribution in [0.15, 0.2) is 29.2 Å². The van der Waals surface area contributed by atoms with Crippen molar-refractivity contribution in [1.82, 2.24) is 10.0 Å². The highest BCUT2D eigenvalue weighted by atomic mass is 32.2. The number of aliphatic carboxylic acids is 1. The van der Waals surface area contributed by atoms with Gasteiger partial charge in [0.05, 0.1) is 4.90 Å². The molecule has 1 aromatic carbocycles. The third-order valence-corrected chi connectivity index (χ3v) is 5.36. The van der Waals surface area contributed by atoms with Crippen molar-refractivity contribution in [2.75, 3.05) is 6.67 Å². The molecule has 3 N–H and O–H groups in total. The Morgan fingerprint density at radius 1 is 1.29 bits per heavy atom. The van der Waals surface area contributed by atoms with Gasteiger partial charge < -0.3 is 10.4 Å². The van der Waals surface area contributed by atoms with E-state index in [9.17, 15) is 22.4 Å². The number of sulfonamides is 1. The van der Waals surface area contributed by atoms with Crippen LogP contribution in [-0.4, -0.2) is 44.2 Å². The average molecular weight is 358 g/mol. The largest absolute Gasteiger partial charge is 0.480 e. The molecule has 24 heavy (non-hydrogen) atoms. The minimum Gasteiger partial charge on any atom is -0.480 e. The molecule has 0 heterocycles. The molecule has 0 bridgehead atoms. The summed E-state index contributed by atoms with van der Waals surface area (Å²) in [5.74, 6) is -2.35. The molecule has 0 aromatic heterocycles. The Kier molecular flexibility index (Phi) is 5.89. The van der Waals surface area contributed by atoms with Crippen molar-refractivity contribution in [3.8, 4) is 0 Å². The van der Waals surface area contributed by atoms with Crippen molar-refractivity contribution in [1.29, 1.82) is 0 Å². The van der Waals surface area contributed by atoms with E-state index < -0.39 is 34.6 Å². The minimum absolute atomic E-state index is 0.0519. The highest BCUT2D eigenvalue weighted by Crippen LogP contribution is 2.20. The maximum absolute atomic E-state index is 12.6. The lowest BCUT2D eigenvalue weighted by atomic mass is 10.2. The van der Waals surface area contributed by atoms with Gasteiger partial charge in [0.15, 0.2) is 6.04 Å². The second-order valence-corrected chi connectivity index (χ2v) is 7.36. The number of carbonyl (C=O) groups excluding carboxylic acids is 1. The number of alkyl halides is 1. The standard InChI is InChI=1S/C15H19FN2O5S/c16-9-13(15(20)21)17-14(19)10-4-3-7-12(8-10)24(22,23)18-11-5-1-2-6-11/h3-4,7-8,11,13,18H,1-2,5-6,9H2,(H,17,19)(H,20,21). The number of carbonyl (C=O) groups is 2. The van der Waals surface area contributed by atoms with Crippen molar-refractivity contribution in [2.45, 2.75) is 42.7 Å². The van der Waals surface area contributed by atoms with Gasteiger partial charge in [0.2, 0.25) is 10.0 Å². The van der Waals surface area contributed by atoms with Crippen LogP contribution < -0.4 is 10.0 Å². The van der Waals surface area contributed by atoms with Crippen LogP contribution in [0.5, 0.6) is 0 Å². The van der Waals surface area contributed by atoms with E-state index in [-0.39, 0.29) is 16.5 Å². The minimum atomic E-state index is -3.77. The van der Waals surface area contributed by atoms with Gasteiger partial charge in [-0.2, -0.15) is 0 Å². The molecule has 1 unspecified atom stereocenters. The van der Waals surface area contributed by atoms with Crippen LogP contribution in [0.4, 0.5) is 4.39 Å². The van der Waals surface area contributed by atoms with E-state index in [1.807, 2.05) is 5.32 Å². The summed E-state index contributed by atoms with van der Waals surface area (Å²) in [6.45, 7) is -1.26. The molecule has 9 heteroatoms. The topological polar surface area (TPSA) is 113 Å².